The Morgan fingerprint density at radius 3 is 2.42 bits per heavy atom. The van der Waals surface area contributed by atoms with E-state index in [2.05, 4.69) is 9.98 Å². The van der Waals surface area contributed by atoms with Crippen molar-refractivity contribution in [3.63, 3.8) is 0 Å². The first-order valence-corrected chi connectivity index (χ1v) is 8.75. The van der Waals surface area contributed by atoms with Gasteiger partial charge in [-0.25, -0.2) is 0 Å². The Bertz CT molecular complexity index is 854. The molecule has 1 unspecified atom stereocenters. The molecular formula is C18H16F3N3OS. The lowest BCUT2D eigenvalue weighted by molar-refractivity contribution is -0.137. The highest BCUT2D eigenvalue weighted by molar-refractivity contribution is 8.16. The van der Waals surface area contributed by atoms with Crippen LogP contribution in [0.5, 0.6) is 0 Å². The highest BCUT2D eigenvalue weighted by Gasteiger charge is 2.45. The number of para-hydroxylation sites is 1. The van der Waals surface area contributed by atoms with Crippen LogP contribution in [-0.2, 0) is 15.7 Å². The van der Waals surface area contributed by atoms with Crippen molar-refractivity contribution in [2.45, 2.75) is 24.8 Å². The lowest BCUT2D eigenvalue weighted by atomic mass is 10.0. The second-order valence-corrected chi connectivity index (χ2v) is 7.22. The van der Waals surface area contributed by atoms with Gasteiger partial charge in [0.2, 0.25) is 0 Å². The van der Waals surface area contributed by atoms with Gasteiger partial charge in [-0.2, -0.15) is 18.2 Å². The van der Waals surface area contributed by atoms with Gasteiger partial charge in [-0.3, -0.25) is 9.78 Å². The molecule has 4 nitrogen and oxygen atoms in total. The number of benzene rings is 1. The summed E-state index contributed by atoms with van der Waals surface area (Å²) in [5.41, 5.74) is -0.0583. The number of hydrogen-bond acceptors (Lipinski definition) is 4. The minimum atomic E-state index is -4.49. The Labute approximate surface area is 153 Å². The fraction of sp³-hybridized carbons (Fsp3) is 0.278. The Hall–Kier alpha value is -2.35. The number of aliphatic imine (C=N–C) groups is 1. The Morgan fingerprint density at radius 1 is 1.15 bits per heavy atom. The molecule has 1 aromatic heterocycles. The lowest BCUT2D eigenvalue weighted by Crippen LogP contribution is -2.31. The van der Waals surface area contributed by atoms with Gasteiger partial charge in [0, 0.05) is 18.9 Å². The number of alkyl halides is 3. The number of rotatable bonds is 3. The minimum absolute atomic E-state index is 0.0134. The summed E-state index contributed by atoms with van der Waals surface area (Å²) < 4.78 is 39.1. The molecule has 0 fully saturated rings. The van der Waals surface area contributed by atoms with E-state index in [1.807, 2.05) is 0 Å². The number of carbonyl (C=O) groups is 1. The molecule has 1 amide bonds. The van der Waals surface area contributed by atoms with Gasteiger partial charge in [-0.1, -0.05) is 23.9 Å². The second-order valence-electron chi connectivity index (χ2n) is 5.83. The second kappa shape index (κ2) is 6.75. The molecule has 8 heteroatoms. The summed E-state index contributed by atoms with van der Waals surface area (Å²) in [7, 11) is 0. The van der Waals surface area contributed by atoms with Crippen molar-refractivity contribution < 1.29 is 18.0 Å². The van der Waals surface area contributed by atoms with E-state index in [1.54, 1.807) is 38.4 Å². The molecule has 26 heavy (non-hydrogen) atoms. The molecule has 1 aliphatic rings. The zero-order chi connectivity index (χ0) is 18.9. The maximum Gasteiger partial charge on any atom is 0.418 e. The Kier molecular flexibility index (Phi) is 4.79. The predicted molar refractivity (Wildman–Crippen MR) is 96.1 cm³/mol. The number of amides is 1. The van der Waals surface area contributed by atoms with Crippen molar-refractivity contribution >= 4 is 28.5 Å². The van der Waals surface area contributed by atoms with Crippen LogP contribution >= 0.6 is 11.8 Å². The van der Waals surface area contributed by atoms with Crippen LogP contribution in [0.25, 0.3) is 0 Å². The van der Waals surface area contributed by atoms with Crippen LogP contribution in [0, 0.1) is 0 Å². The van der Waals surface area contributed by atoms with Crippen LogP contribution in [0.2, 0.25) is 0 Å². The zero-order valence-electron chi connectivity index (χ0n) is 14.1. The summed E-state index contributed by atoms with van der Waals surface area (Å²) in [6.45, 7) is 3.69. The maximum absolute atomic E-state index is 13.4. The monoisotopic (exact) mass is 379 g/mol. The molecule has 1 atom stereocenters. The normalized spacial score (nSPS) is 20.2. The number of carbonyl (C=O) groups excluding carboxylic acids is 1. The van der Waals surface area contributed by atoms with E-state index >= 15 is 0 Å². The average molecular weight is 379 g/mol. The van der Waals surface area contributed by atoms with Gasteiger partial charge in [0.1, 0.15) is 4.75 Å². The van der Waals surface area contributed by atoms with Crippen molar-refractivity contribution in [2.24, 2.45) is 4.99 Å². The number of amidine groups is 1. The maximum atomic E-state index is 13.4. The van der Waals surface area contributed by atoms with Gasteiger partial charge in [0.25, 0.3) is 5.91 Å². The van der Waals surface area contributed by atoms with Gasteiger partial charge < -0.3 is 4.90 Å². The van der Waals surface area contributed by atoms with Crippen LogP contribution in [0.1, 0.15) is 25.0 Å². The van der Waals surface area contributed by atoms with E-state index in [-0.39, 0.29) is 17.4 Å². The van der Waals surface area contributed by atoms with E-state index in [0.29, 0.717) is 5.56 Å². The number of pyridine rings is 1. The van der Waals surface area contributed by atoms with Crippen LogP contribution in [0.4, 0.5) is 18.9 Å². The van der Waals surface area contributed by atoms with Gasteiger partial charge in [0.15, 0.2) is 5.17 Å². The standard InChI is InChI=1S/C18H16F3N3OS/c1-3-24(14-7-5-4-6-13(14)18(19,20)21)16-23-15(25)17(2,26-16)12-8-10-22-11-9-12/h4-11H,3H2,1-2H3. The third kappa shape index (κ3) is 3.21. The Morgan fingerprint density at radius 2 is 1.81 bits per heavy atom. The van der Waals surface area contributed by atoms with E-state index in [0.717, 1.165) is 17.8 Å². The first-order valence-electron chi connectivity index (χ1n) is 7.93. The van der Waals surface area contributed by atoms with Gasteiger partial charge in [0.05, 0.1) is 11.3 Å². The number of thioether (sulfide) groups is 1. The van der Waals surface area contributed by atoms with Crippen molar-refractivity contribution in [1.29, 1.82) is 0 Å². The molecule has 0 saturated heterocycles. The smallest absolute Gasteiger partial charge is 0.320 e. The molecule has 1 aromatic carbocycles. The van der Waals surface area contributed by atoms with E-state index in [9.17, 15) is 18.0 Å². The molecular weight excluding hydrogens is 363 g/mol. The van der Waals surface area contributed by atoms with Crippen molar-refractivity contribution in [3.05, 3.63) is 59.9 Å². The van der Waals surface area contributed by atoms with Gasteiger partial charge >= 0.3 is 6.18 Å². The Balaban J connectivity index is 1.99. The summed E-state index contributed by atoms with van der Waals surface area (Å²) >= 11 is 1.15. The van der Waals surface area contributed by atoms with Crippen molar-refractivity contribution in [1.82, 2.24) is 4.98 Å². The topological polar surface area (TPSA) is 45.6 Å². The molecule has 2 aromatic rings. The molecule has 2 heterocycles. The van der Waals surface area contributed by atoms with Crippen LogP contribution < -0.4 is 4.90 Å². The van der Waals surface area contributed by atoms with E-state index in [1.165, 1.54) is 23.1 Å². The lowest BCUT2D eigenvalue weighted by Gasteiger charge is -2.27. The highest BCUT2D eigenvalue weighted by Crippen LogP contribution is 2.45. The van der Waals surface area contributed by atoms with Gasteiger partial charge in [-0.05, 0) is 43.7 Å². The number of nitrogens with zero attached hydrogens (tertiary/aromatic N) is 3. The van der Waals surface area contributed by atoms with E-state index < -0.39 is 22.4 Å². The summed E-state index contributed by atoms with van der Waals surface area (Å²) in [5, 5.41) is 0.258. The predicted octanol–water partition coefficient (Wildman–Crippen LogP) is 4.47. The van der Waals surface area contributed by atoms with Crippen LogP contribution in [-0.4, -0.2) is 22.6 Å². The molecule has 0 aliphatic carbocycles. The number of aromatic nitrogens is 1. The third-order valence-electron chi connectivity index (χ3n) is 4.18. The quantitative estimate of drug-likeness (QED) is 0.789. The van der Waals surface area contributed by atoms with Crippen molar-refractivity contribution in [2.75, 3.05) is 11.4 Å². The van der Waals surface area contributed by atoms with E-state index in [4.69, 9.17) is 0 Å². The largest absolute Gasteiger partial charge is 0.418 e. The molecule has 0 spiro atoms. The van der Waals surface area contributed by atoms with Crippen LogP contribution in [0.15, 0.2) is 53.8 Å². The summed E-state index contributed by atoms with van der Waals surface area (Å²) in [6, 6.07) is 8.73. The fourth-order valence-electron chi connectivity index (χ4n) is 2.77. The first kappa shape index (κ1) is 18.4. The molecule has 0 radical (unpaired) electrons. The number of anilines is 1. The summed E-state index contributed by atoms with van der Waals surface area (Å²) in [5.74, 6) is -0.397. The SMILES string of the molecule is CCN(C1=NC(=O)C(C)(c2ccncc2)S1)c1ccccc1C(F)(F)F. The first-order chi connectivity index (χ1) is 12.3. The molecule has 3 rings (SSSR count). The molecule has 0 saturated carbocycles. The summed E-state index contributed by atoms with van der Waals surface area (Å²) in [4.78, 5) is 22.0. The minimum Gasteiger partial charge on any atom is -0.320 e. The van der Waals surface area contributed by atoms with Crippen molar-refractivity contribution in [3.8, 4) is 0 Å². The molecule has 1 aliphatic heterocycles. The zero-order valence-corrected chi connectivity index (χ0v) is 14.9. The molecule has 136 valence electrons. The summed E-state index contributed by atoms with van der Waals surface area (Å²) in [6.07, 6.45) is -1.35. The average Bonchev–Trinajstić information content (AvgIpc) is 2.92. The van der Waals surface area contributed by atoms with Crippen LogP contribution in [0.3, 0.4) is 0 Å². The number of halogens is 3. The molecule has 0 N–H and O–H groups in total. The molecule has 0 bridgehead atoms. The highest BCUT2D eigenvalue weighted by atomic mass is 32.2. The number of hydrogen-bond donors (Lipinski definition) is 0. The fourth-order valence-corrected chi connectivity index (χ4v) is 3.99. The third-order valence-corrected chi connectivity index (χ3v) is 5.49. The van der Waals surface area contributed by atoms with Gasteiger partial charge in [-0.15, -0.1) is 0 Å².